The van der Waals surface area contributed by atoms with Crippen LogP contribution in [0.1, 0.15) is 55.5 Å². The Morgan fingerprint density at radius 1 is 1.29 bits per heavy atom. The fourth-order valence-electron chi connectivity index (χ4n) is 2.41. The molecule has 0 atom stereocenters. The number of hydrogen-bond acceptors (Lipinski definition) is 4. The molecule has 2 N–H and O–H groups in total. The Kier molecular flexibility index (Phi) is 5.71. The molecule has 116 valence electrons. The zero-order valence-corrected chi connectivity index (χ0v) is 12.5. The van der Waals surface area contributed by atoms with Gasteiger partial charge in [-0.25, -0.2) is 4.98 Å². The molecule has 1 fully saturated rings. The van der Waals surface area contributed by atoms with Crippen molar-refractivity contribution < 1.29 is 9.59 Å². The van der Waals surface area contributed by atoms with Crippen LogP contribution in [0.5, 0.6) is 0 Å². The summed E-state index contributed by atoms with van der Waals surface area (Å²) in [5, 5.41) is 9.31. The molecule has 2 rings (SSSR count). The molecule has 0 aromatic carbocycles. The van der Waals surface area contributed by atoms with Gasteiger partial charge in [0, 0.05) is 32.5 Å². The molecular formula is C14H23N5O2. The highest BCUT2D eigenvalue weighted by Gasteiger charge is 2.17. The van der Waals surface area contributed by atoms with Crippen molar-refractivity contribution in [3.8, 4) is 0 Å². The van der Waals surface area contributed by atoms with Crippen molar-refractivity contribution in [2.24, 2.45) is 0 Å². The van der Waals surface area contributed by atoms with E-state index in [9.17, 15) is 9.59 Å². The van der Waals surface area contributed by atoms with E-state index in [1.54, 1.807) is 0 Å². The first-order chi connectivity index (χ1) is 10.2. The fourth-order valence-corrected chi connectivity index (χ4v) is 2.41. The fraction of sp³-hybridized carbons (Fsp3) is 0.714. The minimum Gasteiger partial charge on any atom is -0.349 e. The quantitative estimate of drug-likeness (QED) is 0.815. The van der Waals surface area contributed by atoms with Crippen molar-refractivity contribution in [1.82, 2.24) is 25.4 Å². The van der Waals surface area contributed by atoms with Crippen LogP contribution < -0.4 is 5.32 Å². The predicted molar refractivity (Wildman–Crippen MR) is 77.8 cm³/mol. The monoisotopic (exact) mass is 293 g/mol. The lowest BCUT2D eigenvalue weighted by Gasteiger charge is -2.26. The molecule has 1 aliphatic heterocycles. The maximum absolute atomic E-state index is 11.9. The number of aromatic nitrogens is 3. The number of nitrogens with one attached hydrogen (secondary N) is 2. The number of aromatic amines is 1. The molecule has 2 heterocycles. The SMILES string of the molecule is CCCc1nc(C(=O)NCCC(=O)N2CCCCC2)n[nH]1. The zero-order valence-electron chi connectivity index (χ0n) is 12.5. The number of piperidine rings is 1. The van der Waals surface area contributed by atoms with Crippen LogP contribution in [-0.2, 0) is 11.2 Å². The van der Waals surface area contributed by atoms with Gasteiger partial charge in [0.05, 0.1) is 0 Å². The molecule has 7 nitrogen and oxygen atoms in total. The highest BCUT2D eigenvalue weighted by Crippen LogP contribution is 2.09. The topological polar surface area (TPSA) is 91.0 Å². The molecule has 21 heavy (non-hydrogen) atoms. The molecule has 0 aliphatic carbocycles. The molecule has 1 aromatic rings. The third-order valence-corrected chi connectivity index (χ3v) is 3.55. The first-order valence-electron chi connectivity index (χ1n) is 7.68. The summed E-state index contributed by atoms with van der Waals surface area (Å²) in [5.41, 5.74) is 0. The molecule has 0 bridgehead atoms. The number of nitrogens with zero attached hydrogens (tertiary/aromatic N) is 3. The summed E-state index contributed by atoms with van der Waals surface area (Å²) in [7, 11) is 0. The van der Waals surface area contributed by atoms with E-state index in [0.29, 0.717) is 18.8 Å². The standard InChI is InChI=1S/C14H23N5O2/c1-2-6-11-16-13(18-17-11)14(21)15-8-7-12(20)19-9-4-3-5-10-19/h2-10H2,1H3,(H,15,21)(H,16,17,18). The van der Waals surface area contributed by atoms with Gasteiger partial charge in [0.2, 0.25) is 11.7 Å². The average Bonchev–Trinajstić information content (AvgIpc) is 2.97. The average molecular weight is 293 g/mol. The Morgan fingerprint density at radius 3 is 2.76 bits per heavy atom. The van der Waals surface area contributed by atoms with E-state index in [1.807, 2.05) is 11.8 Å². The van der Waals surface area contributed by atoms with Gasteiger partial charge in [-0.05, 0) is 25.7 Å². The molecule has 2 amide bonds. The molecule has 7 heteroatoms. The molecule has 0 saturated carbocycles. The largest absolute Gasteiger partial charge is 0.349 e. The number of hydrogen-bond donors (Lipinski definition) is 2. The molecule has 0 spiro atoms. The Morgan fingerprint density at radius 2 is 2.05 bits per heavy atom. The van der Waals surface area contributed by atoms with Crippen molar-refractivity contribution >= 4 is 11.8 Å². The Hall–Kier alpha value is -1.92. The number of aryl methyl sites for hydroxylation is 1. The van der Waals surface area contributed by atoms with E-state index in [0.717, 1.165) is 38.8 Å². The number of carbonyl (C=O) groups excluding carboxylic acids is 2. The molecular weight excluding hydrogens is 270 g/mol. The summed E-state index contributed by atoms with van der Waals surface area (Å²) < 4.78 is 0. The van der Waals surface area contributed by atoms with Crippen molar-refractivity contribution in [3.63, 3.8) is 0 Å². The van der Waals surface area contributed by atoms with E-state index >= 15 is 0 Å². The highest BCUT2D eigenvalue weighted by atomic mass is 16.2. The van der Waals surface area contributed by atoms with Crippen LogP contribution in [-0.4, -0.2) is 51.5 Å². The van der Waals surface area contributed by atoms with Crippen LogP contribution in [0.4, 0.5) is 0 Å². The Balaban J connectivity index is 1.71. The lowest BCUT2D eigenvalue weighted by atomic mass is 10.1. The Bertz CT molecular complexity index is 479. The molecule has 0 unspecified atom stereocenters. The maximum atomic E-state index is 11.9. The van der Waals surface area contributed by atoms with Gasteiger partial charge in [0.1, 0.15) is 5.82 Å². The number of carbonyl (C=O) groups is 2. The van der Waals surface area contributed by atoms with Gasteiger partial charge in [-0.3, -0.25) is 14.7 Å². The van der Waals surface area contributed by atoms with E-state index in [-0.39, 0.29) is 17.6 Å². The van der Waals surface area contributed by atoms with Crippen molar-refractivity contribution in [2.45, 2.75) is 45.4 Å². The predicted octanol–water partition coefficient (Wildman–Crippen LogP) is 0.890. The number of H-pyrrole nitrogens is 1. The van der Waals surface area contributed by atoms with E-state index in [1.165, 1.54) is 6.42 Å². The van der Waals surface area contributed by atoms with Gasteiger partial charge in [-0.15, -0.1) is 5.10 Å². The normalized spacial score (nSPS) is 15.0. The lowest BCUT2D eigenvalue weighted by molar-refractivity contribution is -0.131. The Labute approximate surface area is 124 Å². The van der Waals surface area contributed by atoms with Gasteiger partial charge in [-0.1, -0.05) is 6.92 Å². The third-order valence-electron chi connectivity index (χ3n) is 3.55. The minimum absolute atomic E-state index is 0.108. The van der Waals surface area contributed by atoms with Crippen LogP contribution >= 0.6 is 0 Å². The molecule has 1 aliphatic rings. The lowest BCUT2D eigenvalue weighted by Crippen LogP contribution is -2.37. The molecule has 1 aromatic heterocycles. The third kappa shape index (κ3) is 4.54. The van der Waals surface area contributed by atoms with Gasteiger partial charge >= 0.3 is 0 Å². The van der Waals surface area contributed by atoms with Crippen molar-refractivity contribution in [3.05, 3.63) is 11.6 Å². The molecule has 1 saturated heterocycles. The van der Waals surface area contributed by atoms with Gasteiger partial charge in [-0.2, -0.15) is 0 Å². The summed E-state index contributed by atoms with van der Waals surface area (Å²) >= 11 is 0. The van der Waals surface area contributed by atoms with Crippen LogP contribution in [0.2, 0.25) is 0 Å². The van der Waals surface area contributed by atoms with Crippen LogP contribution in [0.25, 0.3) is 0 Å². The number of likely N-dealkylation sites (tertiary alicyclic amines) is 1. The minimum atomic E-state index is -0.333. The van der Waals surface area contributed by atoms with Crippen LogP contribution in [0.15, 0.2) is 0 Å². The van der Waals surface area contributed by atoms with E-state index < -0.39 is 0 Å². The number of rotatable bonds is 6. The summed E-state index contributed by atoms with van der Waals surface area (Å²) in [5.74, 6) is 0.632. The summed E-state index contributed by atoms with van der Waals surface area (Å²) in [4.78, 5) is 29.8. The molecule has 0 radical (unpaired) electrons. The van der Waals surface area contributed by atoms with E-state index in [4.69, 9.17) is 0 Å². The van der Waals surface area contributed by atoms with Crippen molar-refractivity contribution in [2.75, 3.05) is 19.6 Å². The summed E-state index contributed by atoms with van der Waals surface area (Å²) in [6.45, 7) is 4.04. The summed E-state index contributed by atoms with van der Waals surface area (Å²) in [6.07, 6.45) is 5.41. The van der Waals surface area contributed by atoms with E-state index in [2.05, 4.69) is 20.5 Å². The van der Waals surface area contributed by atoms with Crippen LogP contribution in [0.3, 0.4) is 0 Å². The van der Waals surface area contributed by atoms with Gasteiger partial charge in [0.15, 0.2) is 0 Å². The smallest absolute Gasteiger partial charge is 0.290 e. The van der Waals surface area contributed by atoms with Crippen LogP contribution in [0, 0.1) is 0 Å². The summed E-state index contributed by atoms with van der Waals surface area (Å²) in [6, 6.07) is 0. The highest BCUT2D eigenvalue weighted by molar-refractivity contribution is 5.90. The number of amides is 2. The first-order valence-corrected chi connectivity index (χ1v) is 7.68. The maximum Gasteiger partial charge on any atom is 0.290 e. The first kappa shape index (κ1) is 15.5. The zero-order chi connectivity index (χ0) is 15.1. The second-order valence-electron chi connectivity index (χ2n) is 5.30. The second kappa shape index (κ2) is 7.75. The van der Waals surface area contributed by atoms with Gasteiger partial charge < -0.3 is 10.2 Å². The second-order valence-corrected chi connectivity index (χ2v) is 5.30. The van der Waals surface area contributed by atoms with Crippen molar-refractivity contribution in [1.29, 1.82) is 0 Å². The van der Waals surface area contributed by atoms with Gasteiger partial charge in [0.25, 0.3) is 5.91 Å².